The van der Waals surface area contributed by atoms with Gasteiger partial charge in [-0.1, -0.05) is 18.5 Å². The van der Waals surface area contributed by atoms with Gasteiger partial charge in [0, 0.05) is 11.0 Å². The maximum Gasteiger partial charge on any atom is 0.288 e. The number of nitro groups is 1. The van der Waals surface area contributed by atoms with Crippen molar-refractivity contribution in [1.29, 1.82) is 0 Å². The molecule has 0 aliphatic heterocycles. The fourth-order valence-electron chi connectivity index (χ4n) is 0.889. The van der Waals surface area contributed by atoms with E-state index in [4.69, 9.17) is 11.6 Å². The van der Waals surface area contributed by atoms with E-state index in [9.17, 15) is 10.1 Å². The molecule has 0 atom stereocenters. The molecule has 0 amide bonds. The summed E-state index contributed by atoms with van der Waals surface area (Å²) in [5.74, 6) is 0.888. The van der Waals surface area contributed by atoms with Gasteiger partial charge in [0.1, 0.15) is 5.02 Å². The second-order valence-electron chi connectivity index (χ2n) is 2.30. The van der Waals surface area contributed by atoms with E-state index in [1.165, 1.54) is 6.07 Å². The Morgan fingerprint density at radius 2 is 2.31 bits per heavy atom. The average Bonchev–Trinajstić information content (AvgIpc) is 2.08. The van der Waals surface area contributed by atoms with Gasteiger partial charge < -0.3 is 0 Å². The predicted octanol–water partition coefficient (Wildman–Crippen LogP) is 3.36. The largest absolute Gasteiger partial charge is 0.288 e. The number of hydrogen-bond acceptors (Lipinski definition) is 3. The molecule has 0 aromatic heterocycles. The third-order valence-corrected chi connectivity index (χ3v) is 2.62. The molecule has 3 nitrogen and oxygen atoms in total. The first kappa shape index (κ1) is 10.3. The first-order valence-corrected chi connectivity index (χ1v) is 5.08. The van der Waals surface area contributed by atoms with Crippen molar-refractivity contribution >= 4 is 29.1 Å². The summed E-state index contributed by atoms with van der Waals surface area (Å²) in [4.78, 5) is 10.9. The molecule has 0 saturated carbocycles. The average molecular weight is 218 g/mol. The van der Waals surface area contributed by atoms with Gasteiger partial charge in [0.2, 0.25) is 0 Å². The normalized spacial score (nSPS) is 10.0. The van der Waals surface area contributed by atoms with Crippen LogP contribution in [0, 0.1) is 10.1 Å². The zero-order valence-corrected chi connectivity index (χ0v) is 8.56. The zero-order chi connectivity index (χ0) is 9.84. The van der Waals surface area contributed by atoms with Gasteiger partial charge in [-0.05, 0) is 17.9 Å². The summed E-state index contributed by atoms with van der Waals surface area (Å²) in [5, 5.41) is 10.7. The molecule has 0 aliphatic rings. The third kappa shape index (κ3) is 2.60. The molecule has 0 N–H and O–H groups in total. The van der Waals surface area contributed by atoms with Gasteiger partial charge in [-0.25, -0.2) is 0 Å². The number of halogens is 1. The van der Waals surface area contributed by atoms with Crippen molar-refractivity contribution in [3.8, 4) is 0 Å². The molecule has 0 bridgehead atoms. The highest BCUT2D eigenvalue weighted by molar-refractivity contribution is 7.99. The van der Waals surface area contributed by atoms with Crippen LogP contribution in [-0.4, -0.2) is 10.7 Å². The quantitative estimate of drug-likeness (QED) is 0.443. The number of benzene rings is 1. The Hall–Kier alpha value is -0.740. The zero-order valence-electron chi connectivity index (χ0n) is 6.99. The lowest BCUT2D eigenvalue weighted by molar-refractivity contribution is -0.384. The lowest BCUT2D eigenvalue weighted by atomic mass is 10.3. The van der Waals surface area contributed by atoms with Crippen molar-refractivity contribution in [2.45, 2.75) is 11.8 Å². The highest BCUT2D eigenvalue weighted by Crippen LogP contribution is 2.29. The van der Waals surface area contributed by atoms with E-state index in [1.54, 1.807) is 23.9 Å². The summed E-state index contributed by atoms with van der Waals surface area (Å²) in [6.07, 6.45) is 0. The fourth-order valence-corrected chi connectivity index (χ4v) is 1.77. The van der Waals surface area contributed by atoms with Crippen LogP contribution in [0.25, 0.3) is 0 Å². The van der Waals surface area contributed by atoms with Crippen LogP contribution in [0.2, 0.25) is 5.02 Å². The van der Waals surface area contributed by atoms with E-state index in [1.807, 2.05) is 6.92 Å². The van der Waals surface area contributed by atoms with Gasteiger partial charge in [0.15, 0.2) is 0 Å². The van der Waals surface area contributed by atoms with Gasteiger partial charge in [0.05, 0.1) is 4.92 Å². The minimum atomic E-state index is -0.470. The van der Waals surface area contributed by atoms with Gasteiger partial charge in [0.25, 0.3) is 5.69 Å². The molecule has 1 aromatic carbocycles. The highest BCUT2D eigenvalue weighted by Gasteiger charge is 2.12. The molecule has 0 spiro atoms. The van der Waals surface area contributed by atoms with Crippen molar-refractivity contribution in [1.82, 2.24) is 0 Å². The summed E-state index contributed by atoms with van der Waals surface area (Å²) in [6, 6.07) is 4.83. The lowest BCUT2D eigenvalue weighted by Gasteiger charge is -1.99. The van der Waals surface area contributed by atoms with Crippen molar-refractivity contribution in [2.24, 2.45) is 0 Å². The number of thioether (sulfide) groups is 1. The molecule has 0 heterocycles. The predicted molar refractivity (Wildman–Crippen MR) is 54.5 cm³/mol. The van der Waals surface area contributed by atoms with Crippen molar-refractivity contribution in [3.05, 3.63) is 33.3 Å². The molecule has 0 unspecified atom stereocenters. The fraction of sp³-hybridized carbons (Fsp3) is 0.250. The summed E-state index contributed by atoms with van der Waals surface area (Å²) < 4.78 is 0. The monoisotopic (exact) mass is 217 g/mol. The molecule has 0 fully saturated rings. The maximum absolute atomic E-state index is 10.5. The first-order chi connectivity index (χ1) is 6.15. The van der Waals surface area contributed by atoms with Crippen molar-refractivity contribution in [3.63, 3.8) is 0 Å². The second-order valence-corrected chi connectivity index (χ2v) is 4.05. The van der Waals surface area contributed by atoms with Crippen LogP contribution in [0.5, 0.6) is 0 Å². The van der Waals surface area contributed by atoms with Crippen LogP contribution in [0.3, 0.4) is 0 Å². The Balaban J connectivity index is 3.04. The maximum atomic E-state index is 10.5. The SMILES string of the molecule is CCSc1ccc(Cl)c([N+](=O)[O-])c1. The highest BCUT2D eigenvalue weighted by atomic mass is 35.5. The molecule has 5 heteroatoms. The summed E-state index contributed by atoms with van der Waals surface area (Å²) in [7, 11) is 0. The molecule has 13 heavy (non-hydrogen) atoms. The van der Waals surface area contributed by atoms with E-state index in [0.717, 1.165) is 10.6 Å². The first-order valence-electron chi connectivity index (χ1n) is 3.72. The Kier molecular flexibility index (Phi) is 3.57. The molecule has 1 aromatic rings. The van der Waals surface area contributed by atoms with Crippen molar-refractivity contribution < 1.29 is 4.92 Å². The van der Waals surface area contributed by atoms with Crippen molar-refractivity contribution in [2.75, 3.05) is 5.75 Å². The summed E-state index contributed by atoms with van der Waals surface area (Å²) >= 11 is 7.19. The summed E-state index contributed by atoms with van der Waals surface area (Å²) in [6.45, 7) is 1.99. The Labute approximate surface area is 85.2 Å². The standard InChI is InChI=1S/C8H8ClNO2S/c1-2-13-6-3-4-7(9)8(5-6)10(11)12/h3-5H,2H2,1H3. The van der Waals surface area contributed by atoms with Crippen LogP contribution in [-0.2, 0) is 0 Å². The van der Waals surface area contributed by atoms with Crippen LogP contribution in [0.15, 0.2) is 23.1 Å². The number of nitrogens with zero attached hydrogens (tertiary/aromatic N) is 1. The number of hydrogen-bond donors (Lipinski definition) is 0. The lowest BCUT2D eigenvalue weighted by Crippen LogP contribution is -1.89. The molecule has 0 aliphatic carbocycles. The minimum Gasteiger partial charge on any atom is -0.258 e. The van der Waals surface area contributed by atoms with Gasteiger partial charge >= 0.3 is 0 Å². The Morgan fingerprint density at radius 3 is 2.85 bits per heavy atom. The smallest absolute Gasteiger partial charge is 0.258 e. The van der Waals surface area contributed by atoms with E-state index in [2.05, 4.69) is 0 Å². The van der Waals surface area contributed by atoms with Crippen LogP contribution in [0.1, 0.15) is 6.92 Å². The molecular weight excluding hydrogens is 210 g/mol. The molecule has 1 rings (SSSR count). The molecule has 0 radical (unpaired) electrons. The van der Waals surface area contributed by atoms with Gasteiger partial charge in [-0.15, -0.1) is 11.8 Å². The topological polar surface area (TPSA) is 43.1 Å². The van der Waals surface area contributed by atoms with Crippen LogP contribution in [0.4, 0.5) is 5.69 Å². The Morgan fingerprint density at radius 1 is 1.62 bits per heavy atom. The van der Waals surface area contributed by atoms with E-state index in [-0.39, 0.29) is 10.7 Å². The third-order valence-electron chi connectivity index (χ3n) is 1.43. The van der Waals surface area contributed by atoms with Gasteiger partial charge in [-0.2, -0.15) is 0 Å². The number of rotatable bonds is 3. The van der Waals surface area contributed by atoms with Crippen LogP contribution < -0.4 is 0 Å². The number of nitro benzene ring substituents is 1. The van der Waals surface area contributed by atoms with E-state index in [0.29, 0.717) is 0 Å². The molecular formula is C8H8ClNO2S. The van der Waals surface area contributed by atoms with E-state index < -0.39 is 4.92 Å². The van der Waals surface area contributed by atoms with Crippen LogP contribution >= 0.6 is 23.4 Å². The Bertz CT molecular complexity index is 330. The minimum absolute atomic E-state index is 0.0277. The van der Waals surface area contributed by atoms with Gasteiger partial charge in [-0.3, -0.25) is 10.1 Å². The molecule has 0 saturated heterocycles. The second kappa shape index (κ2) is 4.48. The molecule has 70 valence electrons. The summed E-state index contributed by atoms with van der Waals surface area (Å²) in [5.41, 5.74) is -0.0277. The van der Waals surface area contributed by atoms with E-state index >= 15 is 0 Å².